The minimum Gasteiger partial charge on any atom is -0.351 e. The first kappa shape index (κ1) is 28.8. The number of amides is 1. The number of thiocarbonyl (C=S) groups is 1. The highest BCUT2D eigenvalue weighted by atomic mass is 35.5. The lowest BCUT2D eigenvalue weighted by Crippen LogP contribution is -2.29. The Hall–Kier alpha value is -3.68. The summed E-state index contributed by atoms with van der Waals surface area (Å²) in [5.74, 6) is -0.235. The van der Waals surface area contributed by atoms with Gasteiger partial charge in [0.2, 0.25) is 5.91 Å². The number of anilines is 2. The number of nitrogens with one attached hydrogen (secondary N) is 2. The molecule has 0 radical (unpaired) electrons. The predicted octanol–water partition coefficient (Wildman–Crippen LogP) is 7.84. The molecule has 41 heavy (non-hydrogen) atoms. The zero-order valence-electron chi connectivity index (χ0n) is 24.5. The number of benzene rings is 2. The molecule has 8 heteroatoms. The third kappa shape index (κ3) is 5.36. The Morgan fingerprint density at radius 1 is 1.02 bits per heavy atom. The topological polar surface area (TPSA) is 62.2 Å². The molecule has 2 aromatic carbocycles. The molecule has 2 atom stereocenters. The van der Waals surface area contributed by atoms with Crippen LogP contribution < -0.4 is 15.5 Å². The Morgan fingerprint density at radius 2 is 1.73 bits per heavy atom. The van der Waals surface area contributed by atoms with Crippen LogP contribution in [0, 0.1) is 40.5 Å². The molecule has 2 N–H and O–H groups in total. The number of hydrogen-bond acceptors (Lipinski definition) is 3. The SMILES string of the molecule is Cc1cc(C)c(-n2c(C)cc([C@H]3[C@@H](c4ccccn4)NC(=S)N3c3ccc(NC(=O)C(C)C)c(Cl)c3)c2C)c(C)c1. The van der Waals surface area contributed by atoms with Gasteiger partial charge in [0.25, 0.3) is 0 Å². The fourth-order valence-corrected chi connectivity index (χ4v) is 6.51. The maximum absolute atomic E-state index is 12.3. The number of rotatable bonds is 6. The first-order chi connectivity index (χ1) is 19.5. The highest BCUT2D eigenvalue weighted by Crippen LogP contribution is 2.45. The molecule has 4 aromatic rings. The summed E-state index contributed by atoms with van der Waals surface area (Å²) >= 11 is 12.7. The van der Waals surface area contributed by atoms with Crippen molar-refractivity contribution in [3.8, 4) is 5.69 Å². The number of aryl methyl sites for hydroxylation is 4. The van der Waals surface area contributed by atoms with Gasteiger partial charge in [-0.05, 0) is 99.9 Å². The molecule has 0 bridgehead atoms. The Balaban J connectivity index is 1.65. The van der Waals surface area contributed by atoms with E-state index in [-0.39, 0.29) is 23.9 Å². The van der Waals surface area contributed by atoms with Gasteiger partial charge >= 0.3 is 0 Å². The molecule has 0 aliphatic carbocycles. The fourth-order valence-electron chi connectivity index (χ4n) is 5.94. The molecular weight excluding hydrogens is 550 g/mol. The second kappa shape index (κ2) is 11.3. The van der Waals surface area contributed by atoms with E-state index in [2.05, 4.69) is 72.9 Å². The van der Waals surface area contributed by atoms with Crippen LogP contribution in [0.3, 0.4) is 0 Å². The number of hydrogen-bond donors (Lipinski definition) is 2. The van der Waals surface area contributed by atoms with Gasteiger partial charge in [-0.25, -0.2) is 0 Å². The lowest BCUT2D eigenvalue weighted by molar-refractivity contribution is -0.118. The Labute approximate surface area is 252 Å². The lowest BCUT2D eigenvalue weighted by atomic mass is 9.96. The highest BCUT2D eigenvalue weighted by molar-refractivity contribution is 7.80. The smallest absolute Gasteiger partial charge is 0.226 e. The van der Waals surface area contributed by atoms with Gasteiger partial charge in [-0.3, -0.25) is 9.78 Å². The molecule has 0 unspecified atom stereocenters. The lowest BCUT2D eigenvalue weighted by Gasteiger charge is -2.29. The maximum atomic E-state index is 12.3. The summed E-state index contributed by atoms with van der Waals surface area (Å²) < 4.78 is 2.35. The Morgan fingerprint density at radius 3 is 2.34 bits per heavy atom. The predicted molar refractivity (Wildman–Crippen MR) is 172 cm³/mol. The summed E-state index contributed by atoms with van der Waals surface area (Å²) in [4.78, 5) is 19.2. The van der Waals surface area contributed by atoms with Crippen LogP contribution >= 0.6 is 23.8 Å². The molecule has 1 amide bonds. The van der Waals surface area contributed by atoms with E-state index < -0.39 is 0 Å². The second-order valence-corrected chi connectivity index (χ2v) is 12.0. The van der Waals surface area contributed by atoms with Crippen LogP contribution in [-0.4, -0.2) is 20.6 Å². The molecule has 3 heterocycles. The quantitative estimate of drug-likeness (QED) is 0.226. The Bertz CT molecular complexity index is 1620. The molecule has 5 rings (SSSR count). The fraction of sp³-hybridized carbons (Fsp3) is 0.303. The summed E-state index contributed by atoms with van der Waals surface area (Å²) in [5, 5.41) is 7.51. The average molecular weight is 586 g/mol. The van der Waals surface area contributed by atoms with Crippen molar-refractivity contribution in [2.24, 2.45) is 5.92 Å². The van der Waals surface area contributed by atoms with E-state index in [1.807, 2.05) is 56.4 Å². The molecule has 212 valence electrons. The summed E-state index contributed by atoms with van der Waals surface area (Å²) in [5.41, 5.74) is 10.7. The number of carbonyl (C=O) groups is 1. The zero-order valence-corrected chi connectivity index (χ0v) is 26.1. The average Bonchev–Trinajstić information content (AvgIpc) is 3.40. The van der Waals surface area contributed by atoms with Crippen molar-refractivity contribution in [2.45, 2.75) is 60.5 Å². The van der Waals surface area contributed by atoms with E-state index >= 15 is 0 Å². The van der Waals surface area contributed by atoms with Crippen molar-refractivity contribution < 1.29 is 4.79 Å². The maximum Gasteiger partial charge on any atom is 0.226 e. The van der Waals surface area contributed by atoms with Gasteiger partial charge in [-0.2, -0.15) is 0 Å². The minimum absolute atomic E-state index is 0.0831. The van der Waals surface area contributed by atoms with Gasteiger partial charge in [0.15, 0.2) is 5.11 Å². The van der Waals surface area contributed by atoms with Crippen LogP contribution in [0.2, 0.25) is 5.02 Å². The van der Waals surface area contributed by atoms with E-state index in [0.717, 1.165) is 28.3 Å². The summed E-state index contributed by atoms with van der Waals surface area (Å²) in [7, 11) is 0. The number of halogens is 1. The molecule has 1 aliphatic heterocycles. The highest BCUT2D eigenvalue weighted by Gasteiger charge is 2.42. The largest absolute Gasteiger partial charge is 0.351 e. The third-order valence-electron chi connectivity index (χ3n) is 7.76. The van der Waals surface area contributed by atoms with Crippen LogP contribution in [-0.2, 0) is 4.79 Å². The number of aromatic nitrogens is 2. The van der Waals surface area contributed by atoms with E-state index in [1.54, 1.807) is 0 Å². The van der Waals surface area contributed by atoms with Gasteiger partial charge < -0.3 is 20.1 Å². The van der Waals surface area contributed by atoms with Gasteiger partial charge in [-0.1, -0.05) is 49.2 Å². The van der Waals surface area contributed by atoms with E-state index in [1.165, 1.54) is 22.4 Å². The third-order valence-corrected chi connectivity index (χ3v) is 8.39. The van der Waals surface area contributed by atoms with Crippen LogP contribution in [0.5, 0.6) is 0 Å². The number of nitrogens with zero attached hydrogens (tertiary/aromatic N) is 3. The molecule has 1 saturated heterocycles. The van der Waals surface area contributed by atoms with Crippen molar-refractivity contribution >= 4 is 46.2 Å². The number of carbonyl (C=O) groups excluding carboxylic acids is 1. The molecule has 2 aromatic heterocycles. The molecule has 6 nitrogen and oxygen atoms in total. The molecule has 0 saturated carbocycles. The molecular formula is C33H36ClN5OS. The number of pyridine rings is 1. The summed E-state index contributed by atoms with van der Waals surface area (Å²) in [6.45, 7) is 14.5. The van der Waals surface area contributed by atoms with Crippen molar-refractivity contribution in [3.63, 3.8) is 0 Å². The van der Waals surface area contributed by atoms with Crippen molar-refractivity contribution in [3.05, 3.63) is 105 Å². The Kier molecular flexibility index (Phi) is 7.95. The standard InChI is InChI=1S/C33H36ClN5OS/c1-18(2)32(40)36-27-12-11-24(17-26(27)34)39-31(29(37-33(39)41)28-10-8-9-13-35-28)25-16-22(6)38(23(25)7)30-20(4)14-19(3)15-21(30)5/h8-18,29,31H,1-7H3,(H,36,40)(H,37,41)/t29-,31+/m1/s1. The van der Waals surface area contributed by atoms with Crippen molar-refractivity contribution in [2.75, 3.05) is 10.2 Å². The van der Waals surface area contributed by atoms with Crippen LogP contribution in [0.1, 0.15) is 65.3 Å². The van der Waals surface area contributed by atoms with Gasteiger partial charge in [0.05, 0.1) is 34.2 Å². The van der Waals surface area contributed by atoms with E-state index in [4.69, 9.17) is 28.8 Å². The van der Waals surface area contributed by atoms with Crippen LogP contribution in [0.25, 0.3) is 5.69 Å². The van der Waals surface area contributed by atoms with Crippen molar-refractivity contribution in [1.29, 1.82) is 0 Å². The second-order valence-electron chi connectivity index (χ2n) is 11.2. The molecule has 0 spiro atoms. The monoisotopic (exact) mass is 585 g/mol. The minimum atomic E-state index is -0.185. The first-order valence-electron chi connectivity index (χ1n) is 13.9. The van der Waals surface area contributed by atoms with Crippen LogP contribution in [0.4, 0.5) is 11.4 Å². The van der Waals surface area contributed by atoms with E-state index in [0.29, 0.717) is 15.8 Å². The van der Waals surface area contributed by atoms with Gasteiger partial charge in [0.1, 0.15) is 0 Å². The van der Waals surface area contributed by atoms with Gasteiger partial charge in [-0.15, -0.1) is 0 Å². The van der Waals surface area contributed by atoms with Gasteiger partial charge in [0, 0.05) is 29.2 Å². The van der Waals surface area contributed by atoms with Crippen molar-refractivity contribution in [1.82, 2.24) is 14.9 Å². The first-order valence-corrected chi connectivity index (χ1v) is 14.6. The van der Waals surface area contributed by atoms with Crippen LogP contribution in [0.15, 0.2) is 60.8 Å². The molecule has 1 fully saturated rings. The summed E-state index contributed by atoms with van der Waals surface area (Å²) in [6.07, 6.45) is 1.81. The summed E-state index contributed by atoms with van der Waals surface area (Å²) in [6, 6.07) is 18.0. The zero-order chi connectivity index (χ0) is 29.6. The normalized spacial score (nSPS) is 16.8. The molecule has 1 aliphatic rings. The van der Waals surface area contributed by atoms with E-state index in [9.17, 15) is 4.79 Å².